The molecule has 4 N–H and O–H groups in total. The van der Waals surface area contributed by atoms with E-state index in [1.54, 1.807) is 12.1 Å². The fraction of sp³-hybridized carbons (Fsp3) is 0.375. The maximum atomic E-state index is 11.8. The van der Waals surface area contributed by atoms with Gasteiger partial charge in [0, 0.05) is 17.3 Å². The largest absolute Gasteiger partial charge is 0.506 e. The SMILES string of the molecule is NC(/C=C\Nc1ccc(Cl)cc1O)=NC(=O)CN1CCCCC1. The Bertz CT molecular complexity index is 610. The minimum Gasteiger partial charge on any atom is -0.506 e. The van der Waals surface area contributed by atoms with Crippen LogP contribution in [0.5, 0.6) is 5.75 Å². The molecule has 0 spiro atoms. The third kappa shape index (κ3) is 5.92. The number of aliphatic imine (C=N–C) groups is 1. The maximum absolute atomic E-state index is 11.8. The van der Waals surface area contributed by atoms with E-state index in [4.69, 9.17) is 17.3 Å². The zero-order valence-corrected chi connectivity index (χ0v) is 13.6. The van der Waals surface area contributed by atoms with Crippen molar-refractivity contribution in [2.75, 3.05) is 25.0 Å². The monoisotopic (exact) mass is 336 g/mol. The van der Waals surface area contributed by atoms with Gasteiger partial charge in [-0.25, -0.2) is 0 Å². The molecular weight excluding hydrogens is 316 g/mol. The second-order valence-electron chi connectivity index (χ2n) is 5.41. The molecule has 7 heteroatoms. The number of hydrogen-bond donors (Lipinski definition) is 3. The highest BCUT2D eigenvalue weighted by atomic mass is 35.5. The van der Waals surface area contributed by atoms with E-state index in [-0.39, 0.29) is 17.5 Å². The number of phenols is 1. The maximum Gasteiger partial charge on any atom is 0.261 e. The average molecular weight is 337 g/mol. The number of carbonyl (C=O) groups is 1. The molecule has 1 aromatic rings. The normalized spacial score (nSPS) is 16.7. The summed E-state index contributed by atoms with van der Waals surface area (Å²) in [5.41, 5.74) is 6.19. The van der Waals surface area contributed by atoms with Crippen LogP contribution in [-0.2, 0) is 4.79 Å². The quantitative estimate of drug-likeness (QED) is 0.436. The number of aromatic hydroxyl groups is 1. The Kier molecular flexibility index (Phi) is 6.43. The predicted octanol–water partition coefficient (Wildman–Crippen LogP) is 2.34. The molecule has 0 aromatic heterocycles. The van der Waals surface area contributed by atoms with Crippen molar-refractivity contribution in [3.63, 3.8) is 0 Å². The van der Waals surface area contributed by atoms with Gasteiger partial charge in [-0.15, -0.1) is 0 Å². The van der Waals surface area contributed by atoms with Gasteiger partial charge in [-0.2, -0.15) is 4.99 Å². The molecule has 1 aliphatic heterocycles. The van der Waals surface area contributed by atoms with Crippen molar-refractivity contribution in [2.45, 2.75) is 19.3 Å². The number of anilines is 1. The average Bonchev–Trinajstić information content (AvgIpc) is 2.50. The summed E-state index contributed by atoms with van der Waals surface area (Å²) < 4.78 is 0. The molecule has 0 unspecified atom stereocenters. The number of rotatable bonds is 5. The van der Waals surface area contributed by atoms with Crippen molar-refractivity contribution in [2.24, 2.45) is 10.7 Å². The minimum absolute atomic E-state index is 0.0267. The standard InChI is InChI=1S/C16H21ClN4O2/c17-12-4-5-13(14(22)10-12)19-7-6-15(18)20-16(23)11-21-8-2-1-3-9-21/h4-7,10,19,22H,1-3,8-9,11H2,(H2,18,20,23)/b7-6-. The lowest BCUT2D eigenvalue weighted by Gasteiger charge is -2.24. The Morgan fingerprint density at radius 1 is 1.39 bits per heavy atom. The number of likely N-dealkylation sites (tertiary alicyclic amines) is 1. The highest BCUT2D eigenvalue weighted by molar-refractivity contribution is 6.30. The highest BCUT2D eigenvalue weighted by Crippen LogP contribution is 2.26. The van der Waals surface area contributed by atoms with Crippen molar-refractivity contribution in [1.29, 1.82) is 0 Å². The van der Waals surface area contributed by atoms with E-state index in [0.29, 0.717) is 17.3 Å². The number of amidine groups is 1. The van der Waals surface area contributed by atoms with Gasteiger partial charge in [0.1, 0.15) is 11.6 Å². The first-order chi connectivity index (χ1) is 11.0. The summed E-state index contributed by atoms with van der Waals surface area (Å²) in [5, 5.41) is 13.0. The molecule has 0 aliphatic carbocycles. The molecule has 1 aliphatic rings. The van der Waals surface area contributed by atoms with Crippen molar-refractivity contribution in [3.05, 3.63) is 35.5 Å². The van der Waals surface area contributed by atoms with Gasteiger partial charge in [-0.05, 0) is 44.1 Å². The molecular formula is C16H21ClN4O2. The van der Waals surface area contributed by atoms with Crippen LogP contribution in [0.1, 0.15) is 19.3 Å². The lowest BCUT2D eigenvalue weighted by molar-refractivity contribution is -0.119. The van der Waals surface area contributed by atoms with E-state index in [1.165, 1.54) is 24.8 Å². The number of carbonyl (C=O) groups excluding carboxylic acids is 1. The van der Waals surface area contributed by atoms with Gasteiger partial charge in [0.05, 0.1) is 12.2 Å². The molecule has 1 saturated heterocycles. The third-order valence-electron chi connectivity index (χ3n) is 3.51. The molecule has 1 aromatic carbocycles. The predicted molar refractivity (Wildman–Crippen MR) is 92.8 cm³/mol. The number of nitrogens with one attached hydrogen (secondary N) is 1. The zero-order valence-electron chi connectivity index (χ0n) is 12.8. The third-order valence-corrected chi connectivity index (χ3v) is 3.75. The first-order valence-corrected chi connectivity index (χ1v) is 7.93. The zero-order chi connectivity index (χ0) is 16.7. The van der Waals surface area contributed by atoms with Crippen LogP contribution in [0.2, 0.25) is 5.02 Å². The van der Waals surface area contributed by atoms with Crippen LogP contribution in [0.4, 0.5) is 5.69 Å². The molecule has 1 heterocycles. The Balaban J connectivity index is 1.84. The van der Waals surface area contributed by atoms with Crippen LogP contribution >= 0.6 is 11.6 Å². The van der Waals surface area contributed by atoms with Crippen LogP contribution < -0.4 is 11.1 Å². The Hall–Kier alpha value is -2.05. The highest BCUT2D eigenvalue weighted by Gasteiger charge is 2.13. The van der Waals surface area contributed by atoms with Crippen LogP contribution in [0, 0.1) is 0 Å². The Morgan fingerprint density at radius 3 is 2.83 bits per heavy atom. The number of halogens is 1. The molecule has 23 heavy (non-hydrogen) atoms. The van der Waals surface area contributed by atoms with Gasteiger partial charge in [0.25, 0.3) is 5.91 Å². The van der Waals surface area contributed by atoms with Crippen molar-refractivity contribution < 1.29 is 9.90 Å². The number of benzene rings is 1. The molecule has 0 radical (unpaired) electrons. The van der Waals surface area contributed by atoms with E-state index in [0.717, 1.165) is 25.9 Å². The van der Waals surface area contributed by atoms with Gasteiger partial charge in [0.15, 0.2) is 0 Å². The van der Waals surface area contributed by atoms with Crippen LogP contribution in [0.15, 0.2) is 35.5 Å². The number of hydrogen-bond acceptors (Lipinski definition) is 4. The molecule has 1 fully saturated rings. The smallest absolute Gasteiger partial charge is 0.261 e. The Morgan fingerprint density at radius 2 is 2.13 bits per heavy atom. The number of nitrogens with zero attached hydrogens (tertiary/aromatic N) is 2. The minimum atomic E-state index is -0.247. The number of phenolic OH excluding ortho intramolecular Hbond substituents is 1. The molecule has 6 nitrogen and oxygen atoms in total. The summed E-state index contributed by atoms with van der Waals surface area (Å²) in [5.74, 6) is -0.102. The van der Waals surface area contributed by atoms with Crippen LogP contribution in [0.25, 0.3) is 0 Å². The van der Waals surface area contributed by atoms with Crippen molar-refractivity contribution in [3.8, 4) is 5.75 Å². The van der Waals surface area contributed by atoms with Crippen molar-refractivity contribution >= 4 is 29.0 Å². The van der Waals surface area contributed by atoms with E-state index in [2.05, 4.69) is 15.2 Å². The fourth-order valence-electron chi connectivity index (χ4n) is 2.37. The lowest BCUT2D eigenvalue weighted by atomic mass is 10.1. The summed E-state index contributed by atoms with van der Waals surface area (Å²) in [6.45, 7) is 2.18. The number of nitrogens with two attached hydrogens (primary N) is 1. The van der Waals surface area contributed by atoms with Crippen LogP contribution in [-0.4, -0.2) is 41.4 Å². The number of amides is 1. The fourth-order valence-corrected chi connectivity index (χ4v) is 2.54. The first kappa shape index (κ1) is 17.3. The van der Waals surface area contributed by atoms with E-state index in [9.17, 15) is 9.90 Å². The Labute approximate surface area is 140 Å². The topological polar surface area (TPSA) is 91.0 Å². The van der Waals surface area contributed by atoms with Gasteiger partial charge < -0.3 is 16.2 Å². The number of piperidine rings is 1. The summed E-state index contributed by atoms with van der Waals surface area (Å²) in [6.07, 6.45) is 6.46. The van der Waals surface area contributed by atoms with E-state index < -0.39 is 0 Å². The van der Waals surface area contributed by atoms with Gasteiger partial charge in [-0.1, -0.05) is 18.0 Å². The summed E-state index contributed by atoms with van der Waals surface area (Å²) >= 11 is 5.75. The second-order valence-corrected chi connectivity index (χ2v) is 5.84. The van der Waals surface area contributed by atoms with Gasteiger partial charge in [-0.3, -0.25) is 9.69 Å². The summed E-state index contributed by atoms with van der Waals surface area (Å²) in [6, 6.07) is 4.71. The molecule has 0 bridgehead atoms. The molecule has 1 amide bonds. The van der Waals surface area contributed by atoms with Gasteiger partial charge in [0.2, 0.25) is 0 Å². The van der Waals surface area contributed by atoms with E-state index in [1.807, 2.05) is 0 Å². The van der Waals surface area contributed by atoms with Crippen molar-refractivity contribution in [1.82, 2.24) is 4.90 Å². The summed E-state index contributed by atoms with van der Waals surface area (Å²) in [7, 11) is 0. The van der Waals surface area contributed by atoms with E-state index >= 15 is 0 Å². The molecule has 124 valence electrons. The molecule has 2 rings (SSSR count). The molecule has 0 atom stereocenters. The summed E-state index contributed by atoms with van der Waals surface area (Å²) in [4.78, 5) is 17.8. The van der Waals surface area contributed by atoms with Crippen LogP contribution in [0.3, 0.4) is 0 Å². The first-order valence-electron chi connectivity index (χ1n) is 7.55. The lowest BCUT2D eigenvalue weighted by Crippen LogP contribution is -2.34. The van der Waals surface area contributed by atoms with Gasteiger partial charge >= 0.3 is 0 Å². The second kappa shape index (κ2) is 8.55. The molecule has 0 saturated carbocycles.